The fraction of sp³-hybridized carbons (Fsp3) is 0.462. The van der Waals surface area contributed by atoms with Gasteiger partial charge < -0.3 is 10.6 Å². The van der Waals surface area contributed by atoms with E-state index in [0.29, 0.717) is 18.8 Å². The van der Waals surface area contributed by atoms with Crippen LogP contribution in [0.3, 0.4) is 0 Å². The van der Waals surface area contributed by atoms with E-state index in [1.165, 1.54) is 25.1 Å². The topological polar surface area (TPSA) is 92.5 Å². The summed E-state index contributed by atoms with van der Waals surface area (Å²) in [6.07, 6.45) is 1.91. The predicted molar refractivity (Wildman–Crippen MR) is 81.5 cm³/mol. The van der Waals surface area contributed by atoms with Crippen molar-refractivity contribution in [2.24, 2.45) is 0 Å². The summed E-state index contributed by atoms with van der Waals surface area (Å²) >= 11 is 5.91. The van der Waals surface area contributed by atoms with Crippen molar-refractivity contribution >= 4 is 33.2 Å². The average Bonchev–Trinajstić information content (AvgIpc) is 2.90. The molecule has 1 aromatic rings. The number of rotatable bonds is 4. The van der Waals surface area contributed by atoms with Crippen LogP contribution in [0.25, 0.3) is 0 Å². The van der Waals surface area contributed by atoms with Gasteiger partial charge >= 0.3 is 0 Å². The molecule has 0 radical (unpaired) electrons. The van der Waals surface area contributed by atoms with Crippen molar-refractivity contribution < 1.29 is 13.2 Å². The van der Waals surface area contributed by atoms with Gasteiger partial charge in [0.25, 0.3) is 0 Å². The minimum absolute atomic E-state index is 0.0309. The monoisotopic (exact) mass is 331 g/mol. The Kier molecular flexibility index (Phi) is 4.75. The van der Waals surface area contributed by atoms with Gasteiger partial charge in [-0.1, -0.05) is 11.6 Å². The molecule has 0 aliphatic carbocycles. The smallest absolute Gasteiger partial charge is 0.242 e. The van der Waals surface area contributed by atoms with Crippen LogP contribution in [-0.2, 0) is 14.8 Å². The Morgan fingerprint density at radius 3 is 2.57 bits per heavy atom. The van der Waals surface area contributed by atoms with Crippen LogP contribution in [0.1, 0.15) is 19.8 Å². The first kappa shape index (κ1) is 16.1. The highest BCUT2D eigenvalue weighted by atomic mass is 35.5. The van der Waals surface area contributed by atoms with Crippen LogP contribution in [0.2, 0.25) is 5.02 Å². The highest BCUT2D eigenvalue weighted by molar-refractivity contribution is 7.89. The Bertz CT molecular complexity index is 642. The van der Waals surface area contributed by atoms with Crippen molar-refractivity contribution in [3.8, 4) is 0 Å². The second kappa shape index (κ2) is 6.21. The molecule has 1 atom stereocenters. The molecule has 1 aliphatic heterocycles. The predicted octanol–water partition coefficient (Wildman–Crippen LogP) is 1.21. The number of carbonyl (C=O) groups is 1. The number of hydrogen-bond donors (Lipinski definition) is 2. The second-order valence-electron chi connectivity index (χ2n) is 5.07. The SMILES string of the molecule is CC(NS(=O)(=O)c1ccc(N)cc1Cl)C(=O)N1CCCC1. The number of hydrogen-bond acceptors (Lipinski definition) is 4. The standard InChI is InChI=1S/C13H18ClN3O3S/c1-9(13(18)17-6-2-3-7-17)16-21(19,20)12-5-4-10(15)8-11(12)14/h4-5,8-9,16H,2-3,6-7,15H2,1H3. The summed E-state index contributed by atoms with van der Waals surface area (Å²) in [5.74, 6) is -0.220. The lowest BCUT2D eigenvalue weighted by atomic mass is 10.3. The van der Waals surface area contributed by atoms with Crippen molar-refractivity contribution in [2.75, 3.05) is 18.8 Å². The Morgan fingerprint density at radius 2 is 2.00 bits per heavy atom. The Morgan fingerprint density at radius 1 is 1.38 bits per heavy atom. The molecule has 1 saturated heterocycles. The van der Waals surface area contributed by atoms with E-state index in [1.807, 2.05) is 0 Å². The Labute approximate surface area is 129 Å². The van der Waals surface area contributed by atoms with Crippen LogP contribution >= 0.6 is 11.6 Å². The number of nitrogens with zero attached hydrogens (tertiary/aromatic N) is 1. The van der Waals surface area contributed by atoms with Crippen LogP contribution < -0.4 is 10.5 Å². The van der Waals surface area contributed by atoms with E-state index in [9.17, 15) is 13.2 Å². The molecule has 8 heteroatoms. The summed E-state index contributed by atoms with van der Waals surface area (Å²) in [5, 5.41) is 0.0309. The lowest BCUT2D eigenvalue weighted by Gasteiger charge is -2.21. The van der Waals surface area contributed by atoms with E-state index in [0.717, 1.165) is 12.8 Å². The van der Waals surface area contributed by atoms with E-state index in [2.05, 4.69) is 4.72 Å². The van der Waals surface area contributed by atoms with Crippen molar-refractivity contribution in [3.63, 3.8) is 0 Å². The first-order valence-electron chi connectivity index (χ1n) is 6.67. The summed E-state index contributed by atoms with van der Waals surface area (Å²) in [5.41, 5.74) is 5.92. The molecular weight excluding hydrogens is 314 g/mol. The van der Waals surface area contributed by atoms with Crippen LogP contribution in [0.4, 0.5) is 5.69 Å². The first-order valence-corrected chi connectivity index (χ1v) is 8.53. The molecule has 1 amide bonds. The zero-order valence-electron chi connectivity index (χ0n) is 11.7. The maximum absolute atomic E-state index is 12.3. The molecule has 1 aromatic carbocycles. The number of sulfonamides is 1. The Hall–Kier alpha value is -1.31. The molecule has 1 heterocycles. The molecule has 1 unspecified atom stereocenters. The van der Waals surface area contributed by atoms with Crippen LogP contribution in [0.5, 0.6) is 0 Å². The summed E-state index contributed by atoms with van der Waals surface area (Å²) in [4.78, 5) is 13.7. The van der Waals surface area contributed by atoms with Crippen molar-refractivity contribution in [3.05, 3.63) is 23.2 Å². The number of carbonyl (C=O) groups excluding carboxylic acids is 1. The largest absolute Gasteiger partial charge is 0.399 e. The fourth-order valence-corrected chi connectivity index (χ4v) is 4.04. The molecule has 0 saturated carbocycles. The molecule has 0 bridgehead atoms. The summed E-state index contributed by atoms with van der Waals surface area (Å²) in [6, 6.07) is 3.31. The van der Waals surface area contributed by atoms with Gasteiger partial charge in [0, 0.05) is 18.8 Å². The third kappa shape index (κ3) is 3.66. The lowest BCUT2D eigenvalue weighted by molar-refractivity contribution is -0.131. The van der Waals surface area contributed by atoms with Gasteiger partial charge in [-0.15, -0.1) is 0 Å². The average molecular weight is 332 g/mol. The zero-order chi connectivity index (χ0) is 15.6. The second-order valence-corrected chi connectivity index (χ2v) is 7.15. The molecule has 6 nitrogen and oxygen atoms in total. The highest BCUT2D eigenvalue weighted by Crippen LogP contribution is 2.24. The molecule has 3 N–H and O–H groups in total. The normalized spacial score (nSPS) is 17.0. The zero-order valence-corrected chi connectivity index (χ0v) is 13.2. The molecule has 1 aliphatic rings. The molecule has 1 fully saturated rings. The maximum Gasteiger partial charge on any atom is 0.242 e. The van der Waals surface area contributed by atoms with E-state index >= 15 is 0 Å². The molecule has 116 valence electrons. The van der Waals surface area contributed by atoms with Gasteiger partial charge in [0.15, 0.2) is 0 Å². The summed E-state index contributed by atoms with van der Waals surface area (Å²) in [7, 11) is -3.87. The van der Waals surface area contributed by atoms with E-state index in [-0.39, 0.29) is 15.8 Å². The van der Waals surface area contributed by atoms with E-state index < -0.39 is 16.1 Å². The minimum Gasteiger partial charge on any atom is -0.399 e. The maximum atomic E-state index is 12.3. The number of nitrogen functional groups attached to an aromatic ring is 1. The number of halogens is 1. The molecule has 0 spiro atoms. The van der Waals surface area contributed by atoms with Gasteiger partial charge in [-0.05, 0) is 38.0 Å². The molecular formula is C13H18ClN3O3S. The number of benzene rings is 1. The van der Waals surface area contributed by atoms with Crippen molar-refractivity contribution in [1.82, 2.24) is 9.62 Å². The van der Waals surface area contributed by atoms with Crippen LogP contribution in [0.15, 0.2) is 23.1 Å². The highest BCUT2D eigenvalue weighted by Gasteiger charge is 2.28. The van der Waals surface area contributed by atoms with Crippen LogP contribution in [0, 0.1) is 0 Å². The van der Waals surface area contributed by atoms with Gasteiger partial charge in [-0.3, -0.25) is 4.79 Å². The van der Waals surface area contributed by atoms with Crippen molar-refractivity contribution in [1.29, 1.82) is 0 Å². The number of nitrogens with one attached hydrogen (secondary N) is 1. The van der Waals surface area contributed by atoms with Crippen molar-refractivity contribution in [2.45, 2.75) is 30.7 Å². The Balaban J connectivity index is 2.14. The summed E-state index contributed by atoms with van der Waals surface area (Å²) in [6.45, 7) is 2.88. The van der Waals surface area contributed by atoms with Crippen LogP contribution in [-0.4, -0.2) is 38.4 Å². The van der Waals surface area contributed by atoms with Gasteiger partial charge in [-0.2, -0.15) is 4.72 Å². The third-order valence-corrected chi connectivity index (χ3v) is 5.39. The van der Waals surface area contributed by atoms with E-state index in [4.69, 9.17) is 17.3 Å². The number of amides is 1. The van der Waals surface area contributed by atoms with Gasteiger partial charge in [0.1, 0.15) is 4.90 Å². The first-order chi connectivity index (χ1) is 9.81. The third-order valence-electron chi connectivity index (χ3n) is 3.37. The van der Waals surface area contributed by atoms with Gasteiger partial charge in [0.05, 0.1) is 11.1 Å². The van der Waals surface area contributed by atoms with Gasteiger partial charge in [0.2, 0.25) is 15.9 Å². The van der Waals surface area contributed by atoms with Gasteiger partial charge in [-0.25, -0.2) is 8.42 Å². The molecule has 21 heavy (non-hydrogen) atoms. The number of likely N-dealkylation sites (tertiary alicyclic amines) is 1. The quantitative estimate of drug-likeness (QED) is 0.811. The fourth-order valence-electron chi connectivity index (χ4n) is 2.29. The lowest BCUT2D eigenvalue weighted by Crippen LogP contribution is -2.45. The minimum atomic E-state index is -3.87. The number of anilines is 1. The number of nitrogens with two attached hydrogens (primary N) is 1. The van der Waals surface area contributed by atoms with E-state index in [1.54, 1.807) is 4.90 Å². The summed E-state index contributed by atoms with van der Waals surface area (Å²) < 4.78 is 26.9. The molecule has 2 rings (SSSR count). The molecule has 0 aromatic heterocycles.